The summed E-state index contributed by atoms with van der Waals surface area (Å²) in [5, 5.41) is 3.04. The van der Waals surface area contributed by atoms with E-state index in [1.807, 2.05) is 0 Å². The summed E-state index contributed by atoms with van der Waals surface area (Å²) < 4.78 is 0. The van der Waals surface area contributed by atoms with Crippen molar-refractivity contribution in [3.8, 4) is 0 Å². The fourth-order valence-corrected chi connectivity index (χ4v) is 9.09. The first-order chi connectivity index (χ1) is 14.6. The zero-order chi connectivity index (χ0) is 20.7. The fraction of sp³-hybridized carbons (Fsp3) is 0.370. The van der Waals surface area contributed by atoms with Gasteiger partial charge in [-0.2, -0.15) is 0 Å². The molecule has 0 aromatic heterocycles. The van der Waals surface area contributed by atoms with Gasteiger partial charge in [-0.05, 0) is 55.9 Å². The van der Waals surface area contributed by atoms with Gasteiger partial charge in [0, 0.05) is 23.0 Å². The van der Waals surface area contributed by atoms with Crippen molar-refractivity contribution in [2.24, 2.45) is 16.1 Å². The molecule has 0 amide bonds. The Balaban J connectivity index is 1.61. The highest BCUT2D eigenvalue weighted by molar-refractivity contribution is 7.74. The SMILES string of the molecule is CC1=C(c2ccccc2)P2C[C@@]1(C)C(c1ccccc1)=C2C=N[C@@H]1CCCC[C@H]1N. The molecular weight excluding hydrogens is 383 g/mol. The molecule has 2 N–H and O–H groups in total. The lowest BCUT2D eigenvalue weighted by atomic mass is 9.74. The van der Waals surface area contributed by atoms with Crippen LogP contribution in [0.25, 0.3) is 10.9 Å². The molecular formula is C27H31N2P. The Morgan fingerprint density at radius 1 is 0.967 bits per heavy atom. The monoisotopic (exact) mass is 414 g/mol. The van der Waals surface area contributed by atoms with Crippen LogP contribution in [-0.4, -0.2) is 24.5 Å². The van der Waals surface area contributed by atoms with Crippen molar-refractivity contribution in [3.05, 3.63) is 82.7 Å². The molecule has 2 aromatic carbocycles. The highest BCUT2D eigenvalue weighted by Gasteiger charge is 2.51. The highest BCUT2D eigenvalue weighted by atomic mass is 31.1. The standard InChI is InChI=1S/C27H31N2P/c1-19-26(21-13-7-4-8-14-21)30-18-27(19,2)25(20-11-5-3-6-12-20)24(30)17-29-23-16-10-9-15-22(23)28/h3-8,11-14,17,22-23H,9-10,15-16,18,28H2,1-2H3/t22-,23-,27-,30?/m1/s1. The predicted octanol–water partition coefficient (Wildman–Crippen LogP) is 6.69. The smallest absolute Gasteiger partial charge is 0.0650 e. The minimum Gasteiger partial charge on any atom is -0.326 e. The largest absolute Gasteiger partial charge is 0.326 e. The molecule has 5 rings (SSSR count). The van der Waals surface area contributed by atoms with Crippen molar-refractivity contribution in [1.82, 2.24) is 0 Å². The third-order valence-corrected chi connectivity index (χ3v) is 10.3. The fourth-order valence-electron chi connectivity index (χ4n) is 5.53. The molecule has 154 valence electrons. The minimum atomic E-state index is -0.395. The molecule has 2 bridgehead atoms. The molecule has 2 aromatic rings. The number of hydrogen-bond acceptors (Lipinski definition) is 2. The minimum absolute atomic E-state index is 0.0915. The molecule has 2 nitrogen and oxygen atoms in total. The van der Waals surface area contributed by atoms with Crippen LogP contribution >= 0.6 is 7.92 Å². The second-order valence-electron chi connectivity index (χ2n) is 9.18. The van der Waals surface area contributed by atoms with Crippen LogP contribution in [0.1, 0.15) is 50.7 Å². The molecule has 0 saturated heterocycles. The quantitative estimate of drug-likeness (QED) is 0.439. The topological polar surface area (TPSA) is 38.4 Å². The number of fused-ring (bicyclic) bond motifs is 2. The second kappa shape index (κ2) is 7.91. The van der Waals surface area contributed by atoms with Gasteiger partial charge >= 0.3 is 0 Å². The van der Waals surface area contributed by atoms with E-state index in [2.05, 4.69) is 80.7 Å². The second-order valence-corrected chi connectivity index (χ2v) is 11.3. The van der Waals surface area contributed by atoms with Crippen molar-refractivity contribution in [1.29, 1.82) is 0 Å². The van der Waals surface area contributed by atoms with Crippen LogP contribution in [0, 0.1) is 5.41 Å². The van der Waals surface area contributed by atoms with E-state index in [4.69, 9.17) is 10.7 Å². The lowest BCUT2D eigenvalue weighted by Crippen LogP contribution is -2.36. The van der Waals surface area contributed by atoms with E-state index >= 15 is 0 Å². The summed E-state index contributed by atoms with van der Waals surface area (Å²) in [6, 6.07) is 22.5. The molecule has 3 aliphatic rings. The molecule has 1 fully saturated rings. The zero-order valence-corrected chi connectivity index (χ0v) is 18.9. The van der Waals surface area contributed by atoms with Crippen LogP contribution in [0.15, 0.2) is 76.5 Å². The van der Waals surface area contributed by atoms with Crippen LogP contribution in [0.5, 0.6) is 0 Å². The van der Waals surface area contributed by atoms with Crippen LogP contribution in [0.3, 0.4) is 0 Å². The van der Waals surface area contributed by atoms with Crippen molar-refractivity contribution in [2.75, 3.05) is 6.16 Å². The maximum absolute atomic E-state index is 6.42. The summed E-state index contributed by atoms with van der Waals surface area (Å²) in [6.07, 6.45) is 8.18. The lowest BCUT2D eigenvalue weighted by Gasteiger charge is -2.31. The zero-order valence-electron chi connectivity index (χ0n) is 18.0. The molecule has 2 aliphatic heterocycles. The Hall–Kier alpha value is -2.02. The normalized spacial score (nSPS) is 31.2. The molecule has 1 unspecified atom stereocenters. The Bertz CT molecular complexity index is 1020. The summed E-state index contributed by atoms with van der Waals surface area (Å²) in [6.45, 7) is 4.81. The van der Waals surface area contributed by atoms with Gasteiger partial charge in [0.2, 0.25) is 0 Å². The summed E-state index contributed by atoms with van der Waals surface area (Å²) in [7, 11) is -0.395. The van der Waals surface area contributed by atoms with Crippen LogP contribution in [0.2, 0.25) is 0 Å². The van der Waals surface area contributed by atoms with E-state index in [0.29, 0.717) is 0 Å². The maximum atomic E-state index is 6.42. The molecule has 3 heteroatoms. The Morgan fingerprint density at radius 2 is 1.60 bits per heavy atom. The van der Waals surface area contributed by atoms with E-state index in [0.717, 1.165) is 12.8 Å². The molecule has 30 heavy (non-hydrogen) atoms. The third kappa shape index (κ3) is 3.22. The van der Waals surface area contributed by atoms with Crippen LogP contribution in [-0.2, 0) is 0 Å². The third-order valence-electron chi connectivity index (χ3n) is 7.31. The number of aliphatic imine (C=N–C) groups is 1. The van der Waals surface area contributed by atoms with Gasteiger partial charge in [-0.3, -0.25) is 4.99 Å². The van der Waals surface area contributed by atoms with Crippen LogP contribution in [0.4, 0.5) is 0 Å². The Morgan fingerprint density at radius 3 is 2.27 bits per heavy atom. The number of nitrogens with two attached hydrogens (primary N) is 1. The lowest BCUT2D eigenvalue weighted by molar-refractivity contribution is 0.387. The summed E-state index contributed by atoms with van der Waals surface area (Å²) >= 11 is 0. The van der Waals surface area contributed by atoms with Crippen molar-refractivity contribution >= 4 is 25.0 Å². The molecule has 1 saturated carbocycles. The highest BCUT2D eigenvalue weighted by Crippen LogP contribution is 2.77. The van der Waals surface area contributed by atoms with E-state index in [1.54, 1.807) is 10.9 Å². The maximum Gasteiger partial charge on any atom is 0.0650 e. The van der Waals surface area contributed by atoms with E-state index in [1.165, 1.54) is 41.0 Å². The summed E-state index contributed by atoms with van der Waals surface area (Å²) in [5.74, 6) is 0. The average molecular weight is 415 g/mol. The van der Waals surface area contributed by atoms with E-state index < -0.39 is 7.92 Å². The van der Waals surface area contributed by atoms with Gasteiger partial charge in [-0.25, -0.2) is 0 Å². The van der Waals surface area contributed by atoms with Gasteiger partial charge in [-0.15, -0.1) is 0 Å². The number of allylic oxidation sites excluding steroid dienone is 3. The van der Waals surface area contributed by atoms with Crippen LogP contribution < -0.4 is 5.73 Å². The molecule has 0 spiro atoms. The van der Waals surface area contributed by atoms with Gasteiger partial charge < -0.3 is 5.73 Å². The van der Waals surface area contributed by atoms with Gasteiger partial charge in [-0.1, -0.05) is 86.0 Å². The van der Waals surface area contributed by atoms with Crippen molar-refractivity contribution < 1.29 is 0 Å². The first kappa shape index (κ1) is 19.9. The van der Waals surface area contributed by atoms with Gasteiger partial charge in [0.05, 0.1) is 6.04 Å². The number of benzene rings is 2. The average Bonchev–Trinajstić information content (AvgIpc) is 3.21. The number of rotatable bonds is 4. The van der Waals surface area contributed by atoms with E-state index in [-0.39, 0.29) is 17.5 Å². The van der Waals surface area contributed by atoms with Crippen molar-refractivity contribution in [2.45, 2.75) is 51.6 Å². The molecule has 1 aliphatic carbocycles. The van der Waals surface area contributed by atoms with Crippen molar-refractivity contribution in [3.63, 3.8) is 0 Å². The van der Waals surface area contributed by atoms with Gasteiger partial charge in [0.1, 0.15) is 0 Å². The number of hydrogen-bond donors (Lipinski definition) is 1. The summed E-state index contributed by atoms with van der Waals surface area (Å²) in [4.78, 5) is 5.11. The molecule has 0 radical (unpaired) electrons. The van der Waals surface area contributed by atoms with Gasteiger partial charge in [0.15, 0.2) is 0 Å². The number of nitrogens with zero attached hydrogens (tertiary/aromatic N) is 1. The van der Waals surface area contributed by atoms with Gasteiger partial charge in [0.25, 0.3) is 0 Å². The Labute approximate surface area is 181 Å². The molecule has 2 heterocycles. The first-order valence-corrected chi connectivity index (χ1v) is 12.8. The summed E-state index contributed by atoms with van der Waals surface area (Å²) in [5.41, 5.74) is 12.3. The molecule has 4 atom stereocenters. The van der Waals surface area contributed by atoms with E-state index in [9.17, 15) is 0 Å². The predicted molar refractivity (Wildman–Crippen MR) is 131 cm³/mol. The Kier molecular flexibility index (Phi) is 5.25. The first-order valence-electron chi connectivity index (χ1n) is 11.2.